The average Bonchev–Trinajstić information content (AvgIpc) is 2.73. The smallest absolute Gasteiger partial charge is 0.351 e. The molecule has 2 rings (SSSR count). The highest BCUT2D eigenvalue weighted by Crippen LogP contribution is 2.37. The van der Waals surface area contributed by atoms with E-state index in [9.17, 15) is 15.0 Å². The number of ether oxygens (including phenoxy) is 1. The number of anilines is 1. The van der Waals surface area contributed by atoms with Crippen molar-refractivity contribution in [3.05, 3.63) is 22.7 Å². The summed E-state index contributed by atoms with van der Waals surface area (Å²) in [6.07, 6.45) is 0.268. The van der Waals surface area contributed by atoms with Crippen LogP contribution in [0.2, 0.25) is 0 Å². The van der Waals surface area contributed by atoms with Gasteiger partial charge in [0.15, 0.2) is 6.23 Å². The summed E-state index contributed by atoms with van der Waals surface area (Å²) >= 11 is 1.52. The maximum absolute atomic E-state index is 11.9. The number of aromatic nitrogens is 2. The molecule has 8 heteroatoms. The molecule has 0 radical (unpaired) electrons. The molecular formula is C12H19N3O4S. The second-order valence-electron chi connectivity index (χ2n) is 4.62. The predicted octanol–water partition coefficient (Wildman–Crippen LogP) is -0.412. The number of aliphatic hydroxyl groups is 2. The van der Waals surface area contributed by atoms with E-state index < -0.39 is 24.1 Å². The second kappa shape index (κ2) is 6.57. The van der Waals surface area contributed by atoms with Gasteiger partial charge in [0.2, 0.25) is 0 Å². The third kappa shape index (κ3) is 2.98. The van der Waals surface area contributed by atoms with Crippen LogP contribution in [0.4, 0.5) is 5.82 Å². The molecular weight excluding hydrogens is 282 g/mol. The Morgan fingerprint density at radius 1 is 1.60 bits per heavy atom. The van der Waals surface area contributed by atoms with E-state index in [0.29, 0.717) is 0 Å². The van der Waals surface area contributed by atoms with Crippen LogP contribution in [0.25, 0.3) is 0 Å². The van der Waals surface area contributed by atoms with Gasteiger partial charge in [0, 0.05) is 6.20 Å². The number of nitrogen functional groups attached to an aromatic ring is 1. The second-order valence-corrected chi connectivity index (χ2v) is 5.90. The molecule has 0 aliphatic carbocycles. The third-order valence-electron chi connectivity index (χ3n) is 3.13. The van der Waals surface area contributed by atoms with Crippen molar-refractivity contribution in [2.24, 2.45) is 0 Å². The van der Waals surface area contributed by atoms with Gasteiger partial charge in [-0.2, -0.15) is 16.7 Å². The van der Waals surface area contributed by atoms with E-state index in [1.54, 1.807) is 0 Å². The highest BCUT2D eigenvalue weighted by molar-refractivity contribution is 8.00. The lowest BCUT2D eigenvalue weighted by atomic mass is 10.2. The van der Waals surface area contributed by atoms with Gasteiger partial charge in [-0.25, -0.2) is 4.79 Å². The zero-order chi connectivity index (χ0) is 14.7. The van der Waals surface area contributed by atoms with Crippen molar-refractivity contribution in [1.82, 2.24) is 9.55 Å². The standard InChI is InChI=1S/C12H19N3O4S/c1-2-5-20-10-9(17)7(6-16)19-11(10)15-4-3-8(13)14-12(15)18/h3-4,7,9-11,16-17H,2,5-6H2,1H3,(H2,13,14,18)/t7?,9-,10?,11+/m0/s1. The van der Waals surface area contributed by atoms with Gasteiger partial charge >= 0.3 is 5.69 Å². The molecule has 4 atom stereocenters. The number of aliphatic hydroxyl groups excluding tert-OH is 2. The number of hydrogen-bond acceptors (Lipinski definition) is 7. The van der Waals surface area contributed by atoms with Gasteiger partial charge in [-0.3, -0.25) is 4.57 Å². The van der Waals surface area contributed by atoms with Crippen LogP contribution in [0.1, 0.15) is 19.6 Å². The van der Waals surface area contributed by atoms with Gasteiger partial charge in [-0.1, -0.05) is 6.92 Å². The minimum absolute atomic E-state index is 0.140. The minimum Gasteiger partial charge on any atom is -0.394 e. The van der Waals surface area contributed by atoms with Crippen molar-refractivity contribution in [2.75, 3.05) is 18.1 Å². The Balaban J connectivity index is 2.29. The molecule has 1 aromatic heterocycles. The highest BCUT2D eigenvalue weighted by atomic mass is 32.2. The molecule has 1 aliphatic rings. The van der Waals surface area contributed by atoms with Crippen LogP contribution in [0.3, 0.4) is 0 Å². The monoisotopic (exact) mass is 301 g/mol. The van der Waals surface area contributed by atoms with Crippen molar-refractivity contribution in [3.8, 4) is 0 Å². The third-order valence-corrected chi connectivity index (χ3v) is 4.67. The molecule has 20 heavy (non-hydrogen) atoms. The van der Waals surface area contributed by atoms with Crippen molar-refractivity contribution < 1.29 is 14.9 Å². The van der Waals surface area contributed by atoms with Crippen molar-refractivity contribution in [2.45, 2.75) is 37.0 Å². The SMILES string of the molecule is CCCSC1[C@@H](O)C(CO)O[C@H]1n1ccc(N)nc1=O. The van der Waals surface area contributed by atoms with Crippen LogP contribution in [-0.4, -0.2) is 49.6 Å². The first kappa shape index (κ1) is 15.3. The van der Waals surface area contributed by atoms with Crippen molar-refractivity contribution >= 4 is 17.6 Å². The first-order valence-electron chi connectivity index (χ1n) is 6.49. The zero-order valence-electron chi connectivity index (χ0n) is 11.2. The topological polar surface area (TPSA) is 111 Å². The molecule has 0 bridgehead atoms. The molecule has 1 aliphatic heterocycles. The first-order valence-corrected chi connectivity index (χ1v) is 7.54. The van der Waals surface area contributed by atoms with E-state index in [1.807, 2.05) is 6.92 Å². The summed E-state index contributed by atoms with van der Waals surface area (Å²) in [5.41, 5.74) is 4.94. The van der Waals surface area contributed by atoms with E-state index in [1.165, 1.54) is 28.6 Å². The molecule has 0 aromatic carbocycles. The van der Waals surface area contributed by atoms with Gasteiger partial charge in [-0.15, -0.1) is 0 Å². The number of nitrogens with zero attached hydrogens (tertiary/aromatic N) is 2. The summed E-state index contributed by atoms with van der Waals surface area (Å²) in [6.45, 7) is 1.74. The molecule has 4 N–H and O–H groups in total. The van der Waals surface area contributed by atoms with Crippen molar-refractivity contribution in [1.29, 1.82) is 0 Å². The molecule has 112 valence electrons. The molecule has 0 amide bonds. The lowest BCUT2D eigenvalue weighted by Gasteiger charge is -2.21. The van der Waals surface area contributed by atoms with Crippen LogP contribution in [0.5, 0.6) is 0 Å². The molecule has 0 spiro atoms. The van der Waals surface area contributed by atoms with E-state index in [-0.39, 0.29) is 17.7 Å². The predicted molar refractivity (Wildman–Crippen MR) is 76.4 cm³/mol. The molecule has 2 heterocycles. The Morgan fingerprint density at radius 3 is 2.95 bits per heavy atom. The summed E-state index contributed by atoms with van der Waals surface area (Å²) < 4.78 is 6.91. The van der Waals surface area contributed by atoms with Crippen molar-refractivity contribution in [3.63, 3.8) is 0 Å². The summed E-state index contributed by atoms with van der Waals surface area (Å²) in [4.78, 5) is 15.5. The fourth-order valence-corrected chi connectivity index (χ4v) is 3.39. The van der Waals surface area contributed by atoms with Gasteiger partial charge < -0.3 is 20.7 Å². The highest BCUT2D eigenvalue weighted by Gasteiger charge is 2.44. The van der Waals surface area contributed by atoms with E-state index >= 15 is 0 Å². The summed E-state index contributed by atoms with van der Waals surface area (Å²) in [7, 11) is 0. The molecule has 1 fully saturated rings. The van der Waals surface area contributed by atoms with Gasteiger partial charge in [0.25, 0.3) is 0 Å². The Bertz CT molecular complexity index is 510. The normalized spacial score (nSPS) is 29.8. The largest absolute Gasteiger partial charge is 0.394 e. The fourth-order valence-electron chi connectivity index (χ4n) is 2.15. The Kier molecular flexibility index (Phi) is 5.03. The lowest BCUT2D eigenvalue weighted by molar-refractivity contribution is -0.0456. The van der Waals surface area contributed by atoms with Crippen LogP contribution < -0.4 is 11.4 Å². The maximum Gasteiger partial charge on any atom is 0.351 e. The number of nitrogens with two attached hydrogens (primary N) is 1. The van der Waals surface area contributed by atoms with Gasteiger partial charge in [0.05, 0.1) is 18.0 Å². The molecule has 2 unspecified atom stereocenters. The maximum atomic E-state index is 11.9. The quantitative estimate of drug-likeness (QED) is 0.678. The van der Waals surface area contributed by atoms with Gasteiger partial charge in [-0.05, 0) is 18.2 Å². The molecule has 1 saturated heterocycles. The minimum atomic E-state index is -0.828. The number of thioether (sulfide) groups is 1. The van der Waals surface area contributed by atoms with E-state index in [0.717, 1.165) is 12.2 Å². The van der Waals surface area contributed by atoms with E-state index in [4.69, 9.17) is 10.5 Å². The van der Waals surface area contributed by atoms with Crippen LogP contribution in [0, 0.1) is 0 Å². The lowest BCUT2D eigenvalue weighted by Crippen LogP contribution is -2.34. The Labute approximate surface area is 120 Å². The van der Waals surface area contributed by atoms with Crippen LogP contribution >= 0.6 is 11.8 Å². The Hall–Kier alpha value is -1.09. The molecule has 1 aromatic rings. The van der Waals surface area contributed by atoms with Crippen LogP contribution in [-0.2, 0) is 4.74 Å². The summed E-state index contributed by atoms with van der Waals surface area (Å²) in [5, 5.41) is 19.1. The Morgan fingerprint density at radius 2 is 2.35 bits per heavy atom. The van der Waals surface area contributed by atoms with Crippen LogP contribution in [0.15, 0.2) is 17.1 Å². The molecule has 0 saturated carbocycles. The van der Waals surface area contributed by atoms with Gasteiger partial charge in [0.1, 0.15) is 11.9 Å². The average molecular weight is 301 g/mol. The fraction of sp³-hybridized carbons (Fsp3) is 0.667. The van der Waals surface area contributed by atoms with E-state index in [2.05, 4.69) is 4.98 Å². The first-order chi connectivity index (χ1) is 9.58. The summed E-state index contributed by atoms with van der Waals surface area (Å²) in [6, 6.07) is 1.50. The number of hydrogen-bond donors (Lipinski definition) is 3. The summed E-state index contributed by atoms with van der Waals surface area (Å²) in [5.74, 6) is 0.970. The zero-order valence-corrected chi connectivity index (χ0v) is 12.0. The number of rotatable bonds is 5. The molecule has 7 nitrogen and oxygen atoms in total.